The van der Waals surface area contributed by atoms with Crippen LogP contribution in [0.5, 0.6) is 5.75 Å². The average molecular weight is 825 g/mol. The molecule has 54 heavy (non-hydrogen) atoms. The van der Waals surface area contributed by atoms with E-state index in [1.807, 2.05) is 6.92 Å². The summed E-state index contributed by atoms with van der Waals surface area (Å²) in [4.78, 5) is 38.6. The minimum absolute atomic E-state index is 0.0216. The molecule has 1 aliphatic rings. The highest BCUT2D eigenvalue weighted by atomic mass is 79.9. The van der Waals surface area contributed by atoms with Gasteiger partial charge in [0, 0.05) is 66.5 Å². The molecule has 0 spiro atoms. The van der Waals surface area contributed by atoms with Gasteiger partial charge in [-0.2, -0.15) is 13.2 Å². The maximum atomic E-state index is 15.4. The standard InChI is InChI=1S/C35H32BrF6N3O3.C4H8O2/c1-18-4-7-29(46)31(20(18)3)22-10-19(2)32(39)23(11-22)14-43-34(48)33(26-12-24(36)5-6-28(26)38)45-15-21(8-9-44-16-25(37)17-44)27(13-30(45)47)35(40,41)42;1-3-6-4(2)5/h4-7,10-13,15,25,33,46H,8-9,14,16-17H2,1-3H3,(H,43,48);3H2,1-2H3. The summed E-state index contributed by atoms with van der Waals surface area (Å²) in [7, 11) is 0. The summed E-state index contributed by atoms with van der Waals surface area (Å²) < 4.78 is 91.6. The highest BCUT2D eigenvalue weighted by molar-refractivity contribution is 9.10. The molecule has 0 aliphatic carbocycles. The van der Waals surface area contributed by atoms with Crippen molar-refractivity contribution in [1.29, 1.82) is 0 Å². The maximum absolute atomic E-state index is 15.4. The Labute approximate surface area is 316 Å². The number of rotatable bonds is 10. The number of nitrogens with one attached hydrogen (secondary N) is 1. The van der Waals surface area contributed by atoms with Crippen LogP contribution in [-0.2, 0) is 33.5 Å². The first-order chi connectivity index (χ1) is 25.3. The van der Waals surface area contributed by atoms with Gasteiger partial charge < -0.3 is 15.2 Å². The number of likely N-dealkylation sites (tertiary alicyclic amines) is 1. The minimum Gasteiger partial charge on any atom is -0.507 e. The van der Waals surface area contributed by atoms with E-state index in [0.29, 0.717) is 28.3 Å². The summed E-state index contributed by atoms with van der Waals surface area (Å²) >= 11 is 3.22. The second kappa shape index (κ2) is 17.7. The van der Waals surface area contributed by atoms with E-state index in [4.69, 9.17) is 0 Å². The Morgan fingerprint density at radius 1 is 1.02 bits per heavy atom. The molecule has 15 heteroatoms. The average Bonchev–Trinajstić information content (AvgIpc) is 3.07. The molecule has 1 unspecified atom stereocenters. The number of phenols is 1. The van der Waals surface area contributed by atoms with Crippen LogP contribution in [0.15, 0.2) is 64.0 Å². The molecule has 1 amide bonds. The van der Waals surface area contributed by atoms with E-state index in [2.05, 4.69) is 26.0 Å². The van der Waals surface area contributed by atoms with Crippen LogP contribution in [0.4, 0.5) is 26.3 Å². The van der Waals surface area contributed by atoms with Gasteiger partial charge in [-0.05, 0) is 98.3 Å². The number of hydrogen-bond acceptors (Lipinski definition) is 6. The van der Waals surface area contributed by atoms with Gasteiger partial charge in [-0.3, -0.25) is 23.9 Å². The van der Waals surface area contributed by atoms with Gasteiger partial charge in [-0.1, -0.05) is 22.0 Å². The van der Waals surface area contributed by atoms with Crippen molar-refractivity contribution in [2.45, 2.75) is 66.0 Å². The number of aromatic hydroxyl groups is 1. The Kier molecular flexibility index (Phi) is 13.8. The molecule has 0 radical (unpaired) electrons. The Balaban J connectivity index is 0.000001000. The first kappa shape index (κ1) is 42.1. The van der Waals surface area contributed by atoms with Crippen molar-refractivity contribution in [3.8, 4) is 16.9 Å². The summed E-state index contributed by atoms with van der Waals surface area (Å²) in [5.74, 6) is -2.78. The second-order valence-electron chi connectivity index (χ2n) is 12.9. The van der Waals surface area contributed by atoms with Gasteiger partial charge in [0.15, 0.2) is 0 Å². The van der Waals surface area contributed by atoms with Crippen LogP contribution >= 0.6 is 15.9 Å². The number of amides is 1. The lowest BCUT2D eigenvalue weighted by Gasteiger charge is -2.34. The molecule has 3 aromatic carbocycles. The highest BCUT2D eigenvalue weighted by Crippen LogP contribution is 2.36. The number of aromatic nitrogens is 1. The summed E-state index contributed by atoms with van der Waals surface area (Å²) in [6.07, 6.45) is -5.32. The zero-order chi connectivity index (χ0) is 40.1. The maximum Gasteiger partial charge on any atom is 0.416 e. The smallest absolute Gasteiger partial charge is 0.416 e. The number of aryl methyl sites for hydroxylation is 2. The third-order valence-corrected chi connectivity index (χ3v) is 9.48. The van der Waals surface area contributed by atoms with E-state index in [0.717, 1.165) is 28.0 Å². The number of nitrogens with zero attached hydrogens (tertiary/aromatic N) is 2. The molecule has 1 aromatic heterocycles. The van der Waals surface area contributed by atoms with Crippen molar-refractivity contribution < 1.29 is 45.8 Å². The van der Waals surface area contributed by atoms with Gasteiger partial charge >= 0.3 is 12.1 Å². The molecular weight excluding hydrogens is 784 g/mol. The van der Waals surface area contributed by atoms with E-state index in [9.17, 15) is 37.1 Å². The molecule has 2 heterocycles. The first-order valence-corrected chi connectivity index (χ1v) is 17.7. The third kappa shape index (κ3) is 10.1. The number of phenolic OH excluding ortho intramolecular Hbond substituents is 1. The zero-order valence-corrected chi connectivity index (χ0v) is 31.8. The van der Waals surface area contributed by atoms with Crippen molar-refractivity contribution in [2.75, 3.05) is 26.2 Å². The van der Waals surface area contributed by atoms with Gasteiger partial charge in [0.1, 0.15) is 29.6 Å². The number of carbonyl (C=O) groups is 2. The van der Waals surface area contributed by atoms with Crippen molar-refractivity contribution in [2.24, 2.45) is 0 Å². The van der Waals surface area contributed by atoms with Gasteiger partial charge in [0.05, 0.1) is 12.2 Å². The predicted octanol–water partition coefficient (Wildman–Crippen LogP) is 7.88. The van der Waals surface area contributed by atoms with Crippen LogP contribution in [0.2, 0.25) is 0 Å². The zero-order valence-electron chi connectivity index (χ0n) is 30.2. The highest BCUT2D eigenvalue weighted by Gasteiger charge is 2.37. The van der Waals surface area contributed by atoms with Crippen molar-refractivity contribution in [3.05, 3.63) is 120 Å². The summed E-state index contributed by atoms with van der Waals surface area (Å²) in [5, 5.41) is 13.1. The first-order valence-electron chi connectivity index (χ1n) is 17.0. The summed E-state index contributed by atoms with van der Waals surface area (Å²) in [5.41, 5.74) is -0.228. The molecule has 1 aliphatic heterocycles. The fraction of sp³-hybridized carbons (Fsp3) is 0.359. The lowest BCUT2D eigenvalue weighted by molar-refractivity contribution is -0.140. The van der Waals surface area contributed by atoms with Crippen molar-refractivity contribution in [3.63, 3.8) is 0 Å². The van der Waals surface area contributed by atoms with E-state index < -0.39 is 53.6 Å². The number of esters is 1. The molecule has 0 saturated carbocycles. The van der Waals surface area contributed by atoms with E-state index >= 15 is 8.78 Å². The molecule has 8 nitrogen and oxygen atoms in total. The Bertz CT molecular complexity index is 2080. The fourth-order valence-corrected chi connectivity index (χ4v) is 6.51. The van der Waals surface area contributed by atoms with Crippen LogP contribution in [0.25, 0.3) is 11.1 Å². The summed E-state index contributed by atoms with van der Waals surface area (Å²) in [6, 6.07) is 8.48. The molecule has 2 N–H and O–H groups in total. The normalized spacial score (nSPS) is 13.8. The molecular formula is C39H40BrF6N3O5. The minimum atomic E-state index is -4.91. The van der Waals surface area contributed by atoms with Gasteiger partial charge in [-0.25, -0.2) is 13.2 Å². The largest absolute Gasteiger partial charge is 0.507 e. The number of hydrogen-bond donors (Lipinski definition) is 2. The lowest BCUT2D eigenvalue weighted by atomic mass is 9.93. The van der Waals surface area contributed by atoms with E-state index in [1.54, 1.807) is 30.9 Å². The van der Waals surface area contributed by atoms with Crippen molar-refractivity contribution in [1.82, 2.24) is 14.8 Å². The SMILES string of the molecule is CCOC(C)=O.Cc1ccc(O)c(-c2cc(C)c(F)c(CNC(=O)C(c3cc(Br)ccc3F)n3cc(CCN4CC(F)C4)c(C(F)(F)F)cc3=O)c2)c1C. The fourth-order valence-electron chi connectivity index (χ4n) is 6.13. The lowest BCUT2D eigenvalue weighted by Crippen LogP contribution is -2.49. The number of ether oxygens (including phenoxy) is 1. The van der Waals surface area contributed by atoms with E-state index in [1.165, 1.54) is 38.1 Å². The van der Waals surface area contributed by atoms with Gasteiger partial charge in [0.2, 0.25) is 5.91 Å². The van der Waals surface area contributed by atoms with Crippen molar-refractivity contribution >= 4 is 27.8 Å². The quantitative estimate of drug-likeness (QED) is 0.125. The number of carbonyl (C=O) groups excluding carboxylic acids is 2. The van der Waals surface area contributed by atoms with Crippen LogP contribution < -0.4 is 10.9 Å². The molecule has 4 aromatic rings. The summed E-state index contributed by atoms with van der Waals surface area (Å²) in [6.45, 7) is 8.59. The number of halogens is 7. The Hall–Kier alpha value is -4.63. The molecule has 290 valence electrons. The van der Waals surface area contributed by atoms with Crippen LogP contribution in [-0.4, -0.2) is 58.9 Å². The van der Waals surface area contributed by atoms with E-state index in [-0.39, 0.29) is 60.0 Å². The predicted molar refractivity (Wildman–Crippen MR) is 195 cm³/mol. The van der Waals surface area contributed by atoms with Crippen LogP contribution in [0, 0.1) is 32.4 Å². The van der Waals surface area contributed by atoms with Gasteiger partial charge in [-0.15, -0.1) is 0 Å². The third-order valence-electron chi connectivity index (χ3n) is 8.99. The topological polar surface area (TPSA) is 101 Å². The Morgan fingerprint density at radius 3 is 2.30 bits per heavy atom. The number of benzene rings is 3. The second-order valence-corrected chi connectivity index (χ2v) is 13.9. The molecule has 1 saturated heterocycles. The Morgan fingerprint density at radius 2 is 1.70 bits per heavy atom. The molecule has 5 rings (SSSR count). The van der Waals surface area contributed by atoms with Gasteiger partial charge in [0.25, 0.3) is 5.56 Å². The number of alkyl halides is 4. The number of pyridine rings is 1. The molecule has 0 bridgehead atoms. The molecule has 1 fully saturated rings. The van der Waals surface area contributed by atoms with Crippen LogP contribution in [0.3, 0.4) is 0 Å². The molecule has 1 atom stereocenters. The van der Waals surface area contributed by atoms with Crippen LogP contribution in [0.1, 0.15) is 58.8 Å². The monoisotopic (exact) mass is 823 g/mol.